The van der Waals surface area contributed by atoms with E-state index in [1.807, 2.05) is 19.9 Å². The zero-order valence-corrected chi connectivity index (χ0v) is 12.1. The van der Waals surface area contributed by atoms with Gasteiger partial charge in [-0.2, -0.15) is 10.2 Å². The highest BCUT2D eigenvalue weighted by atomic mass is 16.6. The molecule has 0 aliphatic rings. The highest BCUT2D eigenvalue weighted by molar-refractivity contribution is 5.69. The molecule has 1 rings (SSSR count). The second kappa shape index (κ2) is 7.28. The first-order valence-corrected chi connectivity index (χ1v) is 6.40. The monoisotopic (exact) mass is 277 g/mol. The topological polar surface area (TPSA) is 91.1 Å². The minimum Gasteiger partial charge on any atom is -0.446 e. The number of hydrogen-bond donors (Lipinski definition) is 1. The average molecular weight is 277 g/mol. The number of anilines is 1. The summed E-state index contributed by atoms with van der Waals surface area (Å²) in [5.74, 6) is 0.788. The zero-order valence-electron chi connectivity index (χ0n) is 12.1. The molecule has 7 heteroatoms. The number of hydrogen-bond acceptors (Lipinski definition) is 6. The van der Waals surface area contributed by atoms with Crippen molar-refractivity contribution in [2.24, 2.45) is 5.92 Å². The molecule has 1 aromatic heterocycles. The van der Waals surface area contributed by atoms with Crippen molar-refractivity contribution in [3.63, 3.8) is 0 Å². The normalized spacial score (nSPS) is 10.2. The van der Waals surface area contributed by atoms with Gasteiger partial charge in [-0.15, -0.1) is 0 Å². The Labute approximate surface area is 118 Å². The largest absolute Gasteiger partial charge is 0.446 e. The quantitative estimate of drug-likeness (QED) is 0.826. The van der Waals surface area contributed by atoms with Crippen molar-refractivity contribution in [3.05, 3.63) is 18.1 Å². The van der Waals surface area contributed by atoms with Gasteiger partial charge in [-0.1, -0.05) is 13.8 Å². The fourth-order valence-electron chi connectivity index (χ4n) is 1.47. The smallest absolute Gasteiger partial charge is 0.426 e. The first kappa shape index (κ1) is 15.7. The molecule has 0 radical (unpaired) electrons. The van der Waals surface area contributed by atoms with Gasteiger partial charge in [-0.25, -0.2) is 15.2 Å². The van der Waals surface area contributed by atoms with Crippen molar-refractivity contribution in [2.75, 3.05) is 11.6 Å². The van der Waals surface area contributed by atoms with E-state index in [2.05, 4.69) is 15.4 Å². The summed E-state index contributed by atoms with van der Waals surface area (Å²) in [5, 5.41) is 10.4. The molecular formula is C13H19N5O2. The lowest BCUT2D eigenvalue weighted by atomic mass is 10.2. The number of rotatable bonds is 5. The molecule has 0 saturated heterocycles. The number of carbonyl (C=O) groups is 1. The molecular weight excluding hydrogens is 258 g/mol. The number of nitriles is 1. The van der Waals surface area contributed by atoms with Crippen molar-refractivity contribution in [3.8, 4) is 6.07 Å². The van der Waals surface area contributed by atoms with Crippen LogP contribution < -0.4 is 10.4 Å². The summed E-state index contributed by atoms with van der Waals surface area (Å²) in [5.41, 5.74) is 2.62. The molecule has 1 heterocycles. The predicted octanol–water partition coefficient (Wildman–Crippen LogP) is 1.86. The highest BCUT2D eigenvalue weighted by Gasteiger charge is 2.15. The summed E-state index contributed by atoms with van der Waals surface area (Å²) < 4.78 is 5.04. The van der Waals surface area contributed by atoms with Gasteiger partial charge >= 0.3 is 6.09 Å². The van der Waals surface area contributed by atoms with Crippen LogP contribution in [-0.2, 0) is 4.74 Å². The first-order valence-electron chi connectivity index (χ1n) is 6.40. The number of nitrogens with one attached hydrogen (secondary N) is 1. The van der Waals surface area contributed by atoms with Gasteiger partial charge in [-0.05, 0) is 19.8 Å². The maximum absolute atomic E-state index is 11.7. The number of nitrogens with zero attached hydrogens (tertiary/aromatic N) is 4. The molecule has 0 fully saturated rings. The maximum atomic E-state index is 11.7. The van der Waals surface area contributed by atoms with Crippen molar-refractivity contribution < 1.29 is 9.53 Å². The minimum atomic E-state index is -0.558. The van der Waals surface area contributed by atoms with Crippen molar-refractivity contribution >= 4 is 11.9 Å². The van der Waals surface area contributed by atoms with E-state index >= 15 is 0 Å². The molecule has 0 spiro atoms. The van der Waals surface area contributed by atoms with Gasteiger partial charge in [0.1, 0.15) is 6.07 Å². The Kier molecular flexibility index (Phi) is 5.72. The van der Waals surface area contributed by atoms with Crippen LogP contribution in [0.5, 0.6) is 0 Å². The fraction of sp³-hybridized carbons (Fsp3) is 0.538. The lowest BCUT2D eigenvalue weighted by Gasteiger charge is -2.25. The third-order valence-corrected chi connectivity index (χ3v) is 2.13. The van der Waals surface area contributed by atoms with Crippen LogP contribution in [0.3, 0.4) is 0 Å². The van der Waals surface area contributed by atoms with Crippen LogP contribution in [0.4, 0.5) is 10.6 Å². The third kappa shape index (κ3) is 5.10. The van der Waals surface area contributed by atoms with Crippen LogP contribution >= 0.6 is 0 Å². The maximum Gasteiger partial charge on any atom is 0.426 e. The lowest BCUT2D eigenvalue weighted by molar-refractivity contribution is 0.114. The van der Waals surface area contributed by atoms with Gasteiger partial charge in [0.15, 0.2) is 5.82 Å². The molecule has 108 valence electrons. The van der Waals surface area contributed by atoms with Crippen LogP contribution in [0.15, 0.2) is 12.3 Å². The van der Waals surface area contributed by atoms with Gasteiger partial charge in [0.2, 0.25) is 5.82 Å². The standard InChI is InChI=1S/C13H19N5O2/c1-9(2)8-18(17-13(19)20-10(3)4)12-5-6-15-11(7-14)16-12/h5-6,9-10H,8H2,1-4H3,(H,17,19). The molecule has 0 unspecified atom stereocenters. The summed E-state index contributed by atoms with van der Waals surface area (Å²) >= 11 is 0. The van der Waals surface area contributed by atoms with E-state index in [-0.39, 0.29) is 17.8 Å². The van der Waals surface area contributed by atoms with E-state index in [0.717, 1.165) is 0 Å². The SMILES string of the molecule is CC(C)CN(NC(=O)OC(C)C)c1ccnc(C#N)n1. The second-order valence-corrected chi connectivity index (χ2v) is 4.92. The van der Waals surface area contributed by atoms with Gasteiger partial charge in [0.05, 0.1) is 6.10 Å². The van der Waals surface area contributed by atoms with Gasteiger partial charge in [-0.3, -0.25) is 5.01 Å². The van der Waals surface area contributed by atoms with Crippen molar-refractivity contribution in [1.82, 2.24) is 15.4 Å². The average Bonchev–Trinajstić information content (AvgIpc) is 2.36. The molecule has 1 amide bonds. The molecule has 0 atom stereocenters. The Morgan fingerprint density at radius 1 is 1.50 bits per heavy atom. The number of carbonyl (C=O) groups excluding carboxylic acids is 1. The number of aromatic nitrogens is 2. The minimum absolute atomic E-state index is 0.0512. The van der Waals surface area contributed by atoms with E-state index in [4.69, 9.17) is 10.00 Å². The molecule has 20 heavy (non-hydrogen) atoms. The summed E-state index contributed by atoms with van der Waals surface area (Å²) in [6.07, 6.45) is 0.706. The lowest BCUT2D eigenvalue weighted by Crippen LogP contribution is -2.45. The first-order chi connectivity index (χ1) is 9.42. The molecule has 0 bridgehead atoms. The molecule has 0 saturated carbocycles. The van der Waals surface area contributed by atoms with E-state index in [1.165, 1.54) is 6.20 Å². The predicted molar refractivity (Wildman–Crippen MR) is 73.7 cm³/mol. The van der Waals surface area contributed by atoms with Crippen LogP contribution in [0, 0.1) is 17.2 Å². The van der Waals surface area contributed by atoms with Crippen LogP contribution in [0.25, 0.3) is 0 Å². The van der Waals surface area contributed by atoms with E-state index in [0.29, 0.717) is 12.4 Å². The molecule has 0 aromatic carbocycles. The Morgan fingerprint density at radius 2 is 2.20 bits per heavy atom. The van der Waals surface area contributed by atoms with Crippen LogP contribution in [0.2, 0.25) is 0 Å². The van der Waals surface area contributed by atoms with E-state index < -0.39 is 6.09 Å². The van der Waals surface area contributed by atoms with Crippen molar-refractivity contribution in [1.29, 1.82) is 5.26 Å². The summed E-state index contributed by atoms with van der Waals surface area (Å²) in [7, 11) is 0. The van der Waals surface area contributed by atoms with Gasteiger partial charge in [0, 0.05) is 18.8 Å². The Bertz CT molecular complexity index is 496. The fourth-order valence-corrected chi connectivity index (χ4v) is 1.47. The summed E-state index contributed by atoms with van der Waals surface area (Å²) in [6, 6.07) is 3.49. The Morgan fingerprint density at radius 3 is 2.75 bits per heavy atom. The summed E-state index contributed by atoms with van der Waals surface area (Å²) in [6.45, 7) is 8.09. The molecule has 7 nitrogen and oxygen atoms in total. The van der Waals surface area contributed by atoms with Gasteiger partial charge in [0.25, 0.3) is 0 Å². The van der Waals surface area contributed by atoms with E-state index in [9.17, 15) is 4.79 Å². The Hall–Kier alpha value is -2.36. The highest BCUT2D eigenvalue weighted by Crippen LogP contribution is 2.10. The number of hydrazine groups is 1. The molecule has 1 N–H and O–H groups in total. The third-order valence-electron chi connectivity index (χ3n) is 2.13. The van der Waals surface area contributed by atoms with Crippen molar-refractivity contribution in [2.45, 2.75) is 33.8 Å². The molecule has 0 aliphatic carbocycles. The van der Waals surface area contributed by atoms with Crippen LogP contribution in [0.1, 0.15) is 33.5 Å². The summed E-state index contributed by atoms with van der Waals surface area (Å²) in [4.78, 5) is 19.6. The number of ether oxygens (including phenoxy) is 1. The Balaban J connectivity index is 2.88. The zero-order chi connectivity index (χ0) is 15.1. The second-order valence-electron chi connectivity index (χ2n) is 4.92. The molecule has 1 aromatic rings. The van der Waals surface area contributed by atoms with Gasteiger partial charge < -0.3 is 4.74 Å². The van der Waals surface area contributed by atoms with Crippen LogP contribution in [-0.4, -0.2) is 28.7 Å². The van der Waals surface area contributed by atoms with E-state index in [1.54, 1.807) is 24.9 Å². The number of amides is 1. The molecule has 0 aliphatic heterocycles.